The molecule has 5 rings (SSSR count). The first-order chi connectivity index (χ1) is 15.3. The number of carbonyl (C=O) groups excluding carboxylic acids is 2. The Hall–Kier alpha value is -2.52. The zero-order chi connectivity index (χ0) is 22.5. The Kier molecular flexibility index (Phi) is 5.21. The lowest BCUT2D eigenvalue weighted by molar-refractivity contribution is -0.137. The molecule has 168 valence electrons. The molecule has 0 radical (unpaired) electrons. The maximum Gasteiger partial charge on any atom is 0.416 e. The first-order valence-corrected chi connectivity index (χ1v) is 11.6. The highest BCUT2D eigenvalue weighted by molar-refractivity contribution is 8.02. The first kappa shape index (κ1) is 21.3. The van der Waals surface area contributed by atoms with Gasteiger partial charge in [-0.15, -0.1) is 11.8 Å². The van der Waals surface area contributed by atoms with Crippen molar-refractivity contribution < 1.29 is 22.8 Å². The van der Waals surface area contributed by atoms with E-state index in [-0.39, 0.29) is 23.3 Å². The summed E-state index contributed by atoms with van der Waals surface area (Å²) in [5.41, 5.74) is 0.592. The van der Waals surface area contributed by atoms with E-state index in [1.165, 1.54) is 35.2 Å². The lowest BCUT2D eigenvalue weighted by atomic mass is 10.0. The van der Waals surface area contributed by atoms with Crippen LogP contribution in [0.25, 0.3) is 0 Å². The van der Waals surface area contributed by atoms with Crippen LogP contribution < -0.4 is 9.80 Å². The molecule has 2 aromatic carbocycles. The van der Waals surface area contributed by atoms with E-state index in [1.54, 1.807) is 17.0 Å². The van der Waals surface area contributed by atoms with Crippen LogP contribution in [0.15, 0.2) is 48.5 Å². The SMILES string of the molecule is O=C1CSC2(C(=O)N(CN3CCCCC3)c3ccccc32)N1c1cccc(C(F)(F)F)c1. The summed E-state index contributed by atoms with van der Waals surface area (Å²) in [7, 11) is 0. The van der Waals surface area contributed by atoms with E-state index in [4.69, 9.17) is 0 Å². The van der Waals surface area contributed by atoms with Crippen molar-refractivity contribution in [2.45, 2.75) is 30.3 Å². The number of nitrogens with zero attached hydrogens (tertiary/aromatic N) is 3. The van der Waals surface area contributed by atoms with Gasteiger partial charge in [-0.05, 0) is 50.2 Å². The van der Waals surface area contributed by atoms with Crippen LogP contribution in [-0.2, 0) is 20.6 Å². The van der Waals surface area contributed by atoms with E-state index < -0.39 is 16.6 Å². The lowest BCUT2D eigenvalue weighted by Crippen LogP contribution is -2.52. The fourth-order valence-corrected chi connectivity index (χ4v) is 6.18. The van der Waals surface area contributed by atoms with Crippen molar-refractivity contribution in [3.8, 4) is 0 Å². The monoisotopic (exact) mass is 461 g/mol. The Morgan fingerprint density at radius 3 is 2.47 bits per heavy atom. The van der Waals surface area contributed by atoms with E-state index in [2.05, 4.69) is 4.90 Å². The molecule has 32 heavy (non-hydrogen) atoms. The standard InChI is InChI=1S/C23H22F3N3O2S/c24-23(25,26)16-7-6-8-17(13-16)29-20(30)14-32-22(29)18-9-2-3-10-19(18)28(21(22)31)15-27-11-4-1-5-12-27/h2-3,6-10,13H,1,4-5,11-12,14-15H2. The maximum atomic E-state index is 13.9. The van der Waals surface area contributed by atoms with Gasteiger partial charge in [-0.2, -0.15) is 13.2 Å². The number of likely N-dealkylation sites (tertiary alicyclic amines) is 1. The summed E-state index contributed by atoms with van der Waals surface area (Å²) < 4.78 is 40.1. The summed E-state index contributed by atoms with van der Waals surface area (Å²) in [6.07, 6.45) is -1.24. The molecule has 3 aliphatic rings. The van der Waals surface area contributed by atoms with Crippen LogP contribution in [0.1, 0.15) is 30.4 Å². The molecule has 1 unspecified atom stereocenters. The van der Waals surface area contributed by atoms with Gasteiger partial charge in [0.15, 0.2) is 0 Å². The number of halogens is 3. The van der Waals surface area contributed by atoms with Crippen LogP contribution in [0, 0.1) is 0 Å². The molecule has 2 amide bonds. The van der Waals surface area contributed by atoms with Crippen LogP contribution in [0.3, 0.4) is 0 Å². The molecule has 2 fully saturated rings. The predicted octanol–water partition coefficient (Wildman–Crippen LogP) is 4.43. The average Bonchev–Trinajstić information content (AvgIpc) is 3.25. The number of fused-ring (bicyclic) bond motifs is 2. The number of alkyl halides is 3. The molecule has 3 heterocycles. The number of hydrogen-bond acceptors (Lipinski definition) is 4. The van der Waals surface area contributed by atoms with Gasteiger partial charge in [-0.1, -0.05) is 30.7 Å². The Labute approximate surface area is 188 Å². The number of hydrogen-bond donors (Lipinski definition) is 0. The minimum Gasteiger partial charge on any atom is -0.295 e. The smallest absolute Gasteiger partial charge is 0.295 e. The Morgan fingerprint density at radius 1 is 0.969 bits per heavy atom. The van der Waals surface area contributed by atoms with Crippen LogP contribution in [0.4, 0.5) is 24.5 Å². The quantitative estimate of drug-likeness (QED) is 0.679. The van der Waals surface area contributed by atoms with Crippen molar-refractivity contribution in [2.75, 3.05) is 35.3 Å². The van der Waals surface area contributed by atoms with Crippen molar-refractivity contribution in [1.82, 2.24) is 4.90 Å². The molecule has 1 spiro atoms. The van der Waals surface area contributed by atoms with Gasteiger partial charge in [0, 0.05) is 11.3 Å². The number of amides is 2. The van der Waals surface area contributed by atoms with Gasteiger partial charge in [0.1, 0.15) is 0 Å². The molecule has 5 nitrogen and oxygen atoms in total. The molecular formula is C23H22F3N3O2S. The number of para-hydroxylation sites is 1. The van der Waals surface area contributed by atoms with E-state index in [0.29, 0.717) is 17.9 Å². The van der Waals surface area contributed by atoms with Crippen molar-refractivity contribution in [1.29, 1.82) is 0 Å². The van der Waals surface area contributed by atoms with E-state index in [9.17, 15) is 22.8 Å². The zero-order valence-electron chi connectivity index (χ0n) is 17.3. The average molecular weight is 462 g/mol. The highest BCUT2D eigenvalue weighted by Gasteiger charge is 2.61. The molecule has 2 aromatic rings. The molecule has 0 aliphatic carbocycles. The summed E-state index contributed by atoms with van der Waals surface area (Å²) in [4.78, 5) is 30.7. The number of piperidine rings is 1. The molecule has 3 aliphatic heterocycles. The fraction of sp³-hybridized carbons (Fsp3) is 0.391. The Morgan fingerprint density at radius 2 is 1.72 bits per heavy atom. The van der Waals surface area contributed by atoms with E-state index in [0.717, 1.165) is 38.1 Å². The molecule has 0 aromatic heterocycles. The van der Waals surface area contributed by atoms with Gasteiger partial charge >= 0.3 is 6.18 Å². The van der Waals surface area contributed by atoms with Crippen LogP contribution >= 0.6 is 11.8 Å². The highest BCUT2D eigenvalue weighted by Crippen LogP contribution is 2.56. The Bertz CT molecular complexity index is 1070. The third-order valence-electron chi connectivity index (χ3n) is 6.29. The minimum absolute atomic E-state index is 0.0217. The predicted molar refractivity (Wildman–Crippen MR) is 117 cm³/mol. The summed E-state index contributed by atoms with van der Waals surface area (Å²) >= 11 is 1.18. The minimum atomic E-state index is -4.54. The topological polar surface area (TPSA) is 43.9 Å². The molecule has 1 atom stereocenters. The first-order valence-electron chi connectivity index (χ1n) is 10.6. The third kappa shape index (κ3) is 3.29. The van der Waals surface area contributed by atoms with E-state index in [1.807, 2.05) is 12.1 Å². The molecule has 0 bridgehead atoms. The lowest BCUT2D eigenvalue weighted by Gasteiger charge is -2.35. The second-order valence-electron chi connectivity index (χ2n) is 8.28. The summed E-state index contributed by atoms with van der Waals surface area (Å²) in [5, 5.41) is 0. The largest absolute Gasteiger partial charge is 0.416 e. The van der Waals surface area contributed by atoms with Crippen LogP contribution in [-0.4, -0.2) is 42.2 Å². The van der Waals surface area contributed by atoms with Gasteiger partial charge < -0.3 is 0 Å². The number of benzene rings is 2. The molecule has 9 heteroatoms. The number of anilines is 2. The maximum absolute atomic E-state index is 13.9. The van der Waals surface area contributed by atoms with E-state index >= 15 is 0 Å². The number of thioether (sulfide) groups is 1. The van der Waals surface area contributed by atoms with Crippen molar-refractivity contribution in [3.63, 3.8) is 0 Å². The number of carbonyl (C=O) groups is 2. The van der Waals surface area contributed by atoms with Gasteiger partial charge in [0.2, 0.25) is 10.8 Å². The van der Waals surface area contributed by atoms with Crippen molar-refractivity contribution >= 4 is 35.0 Å². The van der Waals surface area contributed by atoms with Crippen molar-refractivity contribution in [3.05, 3.63) is 59.7 Å². The summed E-state index contributed by atoms with van der Waals surface area (Å²) in [6.45, 7) is 2.19. The Balaban J connectivity index is 1.59. The van der Waals surface area contributed by atoms with Gasteiger partial charge in [0.25, 0.3) is 5.91 Å². The molecule has 0 N–H and O–H groups in total. The van der Waals surface area contributed by atoms with Crippen LogP contribution in [0.2, 0.25) is 0 Å². The highest BCUT2D eigenvalue weighted by atomic mass is 32.2. The summed E-state index contributed by atoms with van der Waals surface area (Å²) in [5.74, 6) is -0.636. The number of rotatable bonds is 3. The zero-order valence-corrected chi connectivity index (χ0v) is 18.1. The third-order valence-corrected chi connectivity index (χ3v) is 7.67. The summed E-state index contributed by atoms with van der Waals surface area (Å²) in [6, 6.07) is 11.9. The van der Waals surface area contributed by atoms with Gasteiger partial charge in [-0.25, -0.2) is 0 Å². The van der Waals surface area contributed by atoms with Gasteiger partial charge in [0.05, 0.1) is 23.7 Å². The van der Waals surface area contributed by atoms with Crippen molar-refractivity contribution in [2.24, 2.45) is 0 Å². The molecular weight excluding hydrogens is 439 g/mol. The normalized spacial score (nSPS) is 24.0. The fourth-order valence-electron chi connectivity index (χ4n) is 4.82. The van der Waals surface area contributed by atoms with Crippen LogP contribution in [0.5, 0.6) is 0 Å². The van der Waals surface area contributed by atoms with Gasteiger partial charge in [-0.3, -0.25) is 24.3 Å². The molecule has 2 saturated heterocycles. The second kappa shape index (κ2) is 7.81. The molecule has 0 saturated carbocycles. The second-order valence-corrected chi connectivity index (χ2v) is 9.45.